The normalized spacial score (nSPS) is 10.6. The highest BCUT2D eigenvalue weighted by atomic mass is 16.3. The molecule has 0 unspecified atom stereocenters. The summed E-state index contributed by atoms with van der Waals surface area (Å²) in [5.74, 6) is 0. The van der Waals surface area contributed by atoms with Gasteiger partial charge in [0.15, 0.2) is 0 Å². The lowest BCUT2D eigenvalue weighted by molar-refractivity contribution is 0.241. The first kappa shape index (κ1) is 15.2. The van der Waals surface area contributed by atoms with Crippen molar-refractivity contribution in [1.29, 1.82) is 0 Å². The number of fused-ring (bicyclic) bond motifs is 1. The fourth-order valence-corrected chi connectivity index (χ4v) is 2.56. The molecule has 1 aromatic heterocycles. The first-order chi connectivity index (χ1) is 11.3. The van der Waals surface area contributed by atoms with Gasteiger partial charge in [0, 0.05) is 18.5 Å². The Balaban J connectivity index is 1.39. The van der Waals surface area contributed by atoms with Crippen LogP contribution in [0.1, 0.15) is 11.1 Å². The number of para-hydroxylation sites is 1. The van der Waals surface area contributed by atoms with E-state index in [4.69, 9.17) is 4.42 Å². The Morgan fingerprint density at radius 3 is 2.39 bits per heavy atom. The van der Waals surface area contributed by atoms with E-state index in [2.05, 4.69) is 22.8 Å². The van der Waals surface area contributed by atoms with E-state index >= 15 is 0 Å². The zero-order valence-electron chi connectivity index (χ0n) is 12.9. The van der Waals surface area contributed by atoms with E-state index < -0.39 is 0 Å². The molecule has 4 heteroatoms. The lowest BCUT2D eigenvalue weighted by Crippen LogP contribution is -2.37. The van der Waals surface area contributed by atoms with Crippen LogP contribution in [0.3, 0.4) is 0 Å². The fourth-order valence-electron chi connectivity index (χ4n) is 2.56. The summed E-state index contributed by atoms with van der Waals surface area (Å²) in [5.41, 5.74) is 3.22. The van der Waals surface area contributed by atoms with E-state index in [0.717, 1.165) is 29.4 Å². The van der Waals surface area contributed by atoms with Crippen molar-refractivity contribution in [3.8, 4) is 0 Å². The van der Waals surface area contributed by atoms with Crippen molar-refractivity contribution in [2.75, 3.05) is 13.1 Å². The van der Waals surface area contributed by atoms with E-state index in [1.165, 1.54) is 5.56 Å². The SMILES string of the molecule is O=C(NCCc1ccccc1)NCCc1coc2ccccc12. The van der Waals surface area contributed by atoms with Crippen LogP contribution in [0.4, 0.5) is 4.79 Å². The second-order valence-electron chi connectivity index (χ2n) is 5.43. The third-order valence-electron chi connectivity index (χ3n) is 3.78. The third-order valence-corrected chi connectivity index (χ3v) is 3.78. The Labute approximate surface area is 135 Å². The van der Waals surface area contributed by atoms with Gasteiger partial charge in [-0.3, -0.25) is 0 Å². The third kappa shape index (κ3) is 4.13. The van der Waals surface area contributed by atoms with Gasteiger partial charge in [-0.15, -0.1) is 0 Å². The molecule has 1 heterocycles. The number of furan rings is 1. The highest BCUT2D eigenvalue weighted by molar-refractivity contribution is 5.81. The smallest absolute Gasteiger partial charge is 0.314 e. The van der Waals surface area contributed by atoms with Crippen molar-refractivity contribution in [3.63, 3.8) is 0 Å². The van der Waals surface area contributed by atoms with Crippen molar-refractivity contribution >= 4 is 17.0 Å². The van der Waals surface area contributed by atoms with Crippen LogP contribution in [-0.4, -0.2) is 19.1 Å². The quantitative estimate of drug-likeness (QED) is 0.732. The van der Waals surface area contributed by atoms with Gasteiger partial charge in [-0.05, 0) is 30.0 Å². The average molecular weight is 308 g/mol. The Morgan fingerprint density at radius 2 is 1.57 bits per heavy atom. The largest absolute Gasteiger partial charge is 0.464 e. The molecule has 0 fully saturated rings. The number of carbonyl (C=O) groups excluding carboxylic acids is 1. The summed E-state index contributed by atoms with van der Waals surface area (Å²) in [4.78, 5) is 11.8. The second kappa shape index (κ2) is 7.49. The molecule has 23 heavy (non-hydrogen) atoms. The number of hydrogen-bond acceptors (Lipinski definition) is 2. The minimum Gasteiger partial charge on any atom is -0.464 e. The Hall–Kier alpha value is -2.75. The van der Waals surface area contributed by atoms with Crippen molar-refractivity contribution in [1.82, 2.24) is 10.6 Å². The van der Waals surface area contributed by atoms with E-state index in [9.17, 15) is 4.79 Å². The van der Waals surface area contributed by atoms with Gasteiger partial charge >= 0.3 is 6.03 Å². The number of urea groups is 1. The first-order valence-electron chi connectivity index (χ1n) is 7.83. The number of benzene rings is 2. The van der Waals surface area contributed by atoms with Gasteiger partial charge in [0.2, 0.25) is 0 Å². The summed E-state index contributed by atoms with van der Waals surface area (Å²) in [6, 6.07) is 17.9. The number of nitrogens with one attached hydrogen (secondary N) is 2. The molecule has 0 atom stereocenters. The van der Waals surface area contributed by atoms with E-state index in [0.29, 0.717) is 13.1 Å². The lowest BCUT2D eigenvalue weighted by atomic mass is 10.1. The number of hydrogen-bond donors (Lipinski definition) is 2. The van der Waals surface area contributed by atoms with E-state index in [1.807, 2.05) is 42.5 Å². The molecule has 0 spiro atoms. The Bertz CT molecular complexity index is 765. The summed E-state index contributed by atoms with van der Waals surface area (Å²) in [7, 11) is 0. The van der Waals surface area contributed by atoms with Crippen LogP contribution in [0, 0.1) is 0 Å². The molecule has 0 bridgehead atoms. The number of amides is 2. The van der Waals surface area contributed by atoms with Gasteiger partial charge in [0.1, 0.15) is 5.58 Å². The molecular weight excluding hydrogens is 288 g/mol. The van der Waals surface area contributed by atoms with Gasteiger partial charge < -0.3 is 15.1 Å². The molecule has 2 aromatic carbocycles. The number of rotatable bonds is 6. The van der Waals surface area contributed by atoms with Crippen LogP contribution in [0.25, 0.3) is 11.0 Å². The van der Waals surface area contributed by atoms with Gasteiger partial charge in [-0.1, -0.05) is 48.5 Å². The molecule has 0 radical (unpaired) electrons. The first-order valence-corrected chi connectivity index (χ1v) is 7.83. The van der Waals surface area contributed by atoms with Crippen LogP contribution in [0.15, 0.2) is 65.3 Å². The molecule has 4 nitrogen and oxygen atoms in total. The number of carbonyl (C=O) groups is 1. The average Bonchev–Trinajstić information content (AvgIpc) is 2.99. The van der Waals surface area contributed by atoms with E-state index in [-0.39, 0.29) is 6.03 Å². The lowest BCUT2D eigenvalue weighted by Gasteiger charge is -2.07. The van der Waals surface area contributed by atoms with Crippen molar-refractivity contribution in [2.24, 2.45) is 0 Å². The minimum atomic E-state index is -0.131. The van der Waals surface area contributed by atoms with Crippen molar-refractivity contribution in [2.45, 2.75) is 12.8 Å². The maximum Gasteiger partial charge on any atom is 0.314 e. The molecule has 0 aliphatic heterocycles. The molecule has 118 valence electrons. The van der Waals surface area contributed by atoms with Crippen LogP contribution in [-0.2, 0) is 12.8 Å². The van der Waals surface area contributed by atoms with Crippen LogP contribution >= 0.6 is 0 Å². The molecule has 2 amide bonds. The Morgan fingerprint density at radius 1 is 0.870 bits per heavy atom. The molecule has 3 aromatic rings. The summed E-state index contributed by atoms with van der Waals surface area (Å²) in [5, 5.41) is 6.87. The van der Waals surface area contributed by atoms with Crippen LogP contribution in [0.5, 0.6) is 0 Å². The summed E-state index contributed by atoms with van der Waals surface area (Å²) in [6.07, 6.45) is 3.35. The topological polar surface area (TPSA) is 54.3 Å². The van der Waals surface area contributed by atoms with Crippen molar-refractivity contribution < 1.29 is 9.21 Å². The highest BCUT2D eigenvalue weighted by Gasteiger charge is 2.05. The highest BCUT2D eigenvalue weighted by Crippen LogP contribution is 2.20. The van der Waals surface area contributed by atoms with Gasteiger partial charge in [0.25, 0.3) is 0 Å². The molecule has 3 rings (SSSR count). The van der Waals surface area contributed by atoms with Crippen LogP contribution in [0.2, 0.25) is 0 Å². The standard InChI is InChI=1S/C19H20N2O2/c22-19(20-12-10-15-6-2-1-3-7-15)21-13-11-16-14-23-18-9-5-4-8-17(16)18/h1-9,14H,10-13H2,(H2,20,21,22). The minimum absolute atomic E-state index is 0.131. The summed E-state index contributed by atoms with van der Waals surface area (Å²) >= 11 is 0. The van der Waals surface area contributed by atoms with Gasteiger partial charge in [0.05, 0.1) is 6.26 Å². The molecular formula is C19H20N2O2. The predicted octanol–water partition coefficient (Wildman–Crippen LogP) is 3.52. The van der Waals surface area contributed by atoms with Gasteiger partial charge in [-0.2, -0.15) is 0 Å². The maximum absolute atomic E-state index is 11.8. The molecule has 0 saturated heterocycles. The predicted molar refractivity (Wildman–Crippen MR) is 91.5 cm³/mol. The fraction of sp³-hybridized carbons (Fsp3) is 0.211. The zero-order chi connectivity index (χ0) is 15.9. The van der Waals surface area contributed by atoms with Gasteiger partial charge in [-0.25, -0.2) is 4.79 Å². The monoisotopic (exact) mass is 308 g/mol. The van der Waals surface area contributed by atoms with Crippen LogP contribution < -0.4 is 10.6 Å². The molecule has 0 aliphatic carbocycles. The maximum atomic E-state index is 11.8. The molecule has 0 aliphatic rings. The summed E-state index contributed by atoms with van der Waals surface area (Å²) < 4.78 is 5.49. The second-order valence-corrected chi connectivity index (χ2v) is 5.43. The zero-order valence-corrected chi connectivity index (χ0v) is 12.9. The molecule has 2 N–H and O–H groups in total. The Kier molecular flexibility index (Phi) is 4.94. The van der Waals surface area contributed by atoms with E-state index in [1.54, 1.807) is 6.26 Å². The summed E-state index contributed by atoms with van der Waals surface area (Å²) in [6.45, 7) is 1.21. The molecule has 0 saturated carbocycles. The van der Waals surface area contributed by atoms with Crippen molar-refractivity contribution in [3.05, 3.63) is 72.0 Å².